The number of hydrazine groups is 1. The molecule has 0 atom stereocenters. The van der Waals surface area contributed by atoms with Crippen molar-refractivity contribution in [1.29, 1.82) is 0 Å². The van der Waals surface area contributed by atoms with Crippen LogP contribution in [0.3, 0.4) is 0 Å². The van der Waals surface area contributed by atoms with Gasteiger partial charge in [-0.3, -0.25) is 20.4 Å². The third-order valence-corrected chi connectivity index (χ3v) is 3.89. The molecule has 2 N–H and O–H groups in total. The first-order chi connectivity index (χ1) is 13.4. The molecule has 28 heavy (non-hydrogen) atoms. The fraction of sp³-hybridized carbons (Fsp3) is 0.111. The number of rotatable bonds is 5. The number of aryl methyl sites for hydroxylation is 1. The molecule has 0 aliphatic rings. The van der Waals surface area contributed by atoms with Crippen molar-refractivity contribution in [3.63, 3.8) is 0 Å². The van der Waals surface area contributed by atoms with Crippen LogP contribution in [0.1, 0.15) is 22.7 Å². The van der Waals surface area contributed by atoms with E-state index in [4.69, 9.17) is 16.1 Å². The SMILES string of the molecule is O=C(CCc1nc(-c2ccc(Cl)cc2)no1)NNC(=O)c1c(F)cccc1F. The Hall–Kier alpha value is -3.33. The van der Waals surface area contributed by atoms with Crippen LogP contribution < -0.4 is 10.9 Å². The Labute approximate surface area is 162 Å². The maximum absolute atomic E-state index is 13.5. The highest BCUT2D eigenvalue weighted by molar-refractivity contribution is 6.30. The first-order valence-corrected chi connectivity index (χ1v) is 8.43. The van der Waals surface area contributed by atoms with Gasteiger partial charge in [0.25, 0.3) is 5.91 Å². The molecular formula is C18H13ClF2N4O3. The molecule has 0 radical (unpaired) electrons. The lowest BCUT2D eigenvalue weighted by atomic mass is 10.2. The Morgan fingerprint density at radius 2 is 1.71 bits per heavy atom. The Morgan fingerprint density at radius 1 is 1.04 bits per heavy atom. The summed E-state index contributed by atoms with van der Waals surface area (Å²) >= 11 is 5.82. The maximum Gasteiger partial charge on any atom is 0.275 e. The van der Waals surface area contributed by atoms with Gasteiger partial charge in [0.1, 0.15) is 17.2 Å². The van der Waals surface area contributed by atoms with Crippen LogP contribution in [0, 0.1) is 11.6 Å². The second-order valence-electron chi connectivity index (χ2n) is 5.62. The standard InChI is InChI=1S/C18H13ClF2N4O3/c19-11-6-4-10(5-7-11)17-22-15(28-25-17)9-8-14(26)23-24-18(27)16-12(20)2-1-3-13(16)21/h1-7H,8-9H2,(H,23,26)(H,24,27). The number of amides is 2. The van der Waals surface area contributed by atoms with Crippen LogP contribution in [0.5, 0.6) is 0 Å². The van der Waals surface area contributed by atoms with Gasteiger partial charge in [-0.05, 0) is 36.4 Å². The number of aromatic nitrogens is 2. The molecule has 3 rings (SSSR count). The zero-order valence-electron chi connectivity index (χ0n) is 14.2. The van der Waals surface area contributed by atoms with Crippen LogP contribution in [0.2, 0.25) is 5.02 Å². The smallest absolute Gasteiger partial charge is 0.275 e. The monoisotopic (exact) mass is 406 g/mol. The molecule has 0 saturated heterocycles. The van der Waals surface area contributed by atoms with Gasteiger partial charge >= 0.3 is 0 Å². The Kier molecular flexibility index (Phi) is 5.95. The van der Waals surface area contributed by atoms with Gasteiger partial charge in [-0.2, -0.15) is 4.98 Å². The summed E-state index contributed by atoms with van der Waals surface area (Å²) in [5.41, 5.74) is 3.94. The second-order valence-corrected chi connectivity index (χ2v) is 6.05. The molecular weight excluding hydrogens is 394 g/mol. The van der Waals surface area contributed by atoms with Crippen LogP contribution in [-0.4, -0.2) is 22.0 Å². The van der Waals surface area contributed by atoms with Crippen molar-refractivity contribution in [2.45, 2.75) is 12.8 Å². The van der Waals surface area contributed by atoms with Gasteiger partial charge in [0.05, 0.1) is 0 Å². The summed E-state index contributed by atoms with van der Waals surface area (Å²) in [6.45, 7) is 0. The van der Waals surface area contributed by atoms with Crippen molar-refractivity contribution in [3.8, 4) is 11.4 Å². The number of nitrogens with zero attached hydrogens (tertiary/aromatic N) is 2. The Balaban J connectivity index is 1.51. The minimum Gasteiger partial charge on any atom is -0.339 e. The number of carbonyl (C=O) groups excluding carboxylic acids is 2. The van der Waals surface area contributed by atoms with Crippen molar-refractivity contribution in [3.05, 3.63) is 70.6 Å². The lowest BCUT2D eigenvalue weighted by molar-refractivity contribution is -0.121. The highest BCUT2D eigenvalue weighted by atomic mass is 35.5. The summed E-state index contributed by atoms with van der Waals surface area (Å²) in [5.74, 6) is -3.22. The lowest BCUT2D eigenvalue weighted by Gasteiger charge is -2.08. The minimum atomic E-state index is -1.10. The van der Waals surface area contributed by atoms with E-state index in [1.165, 1.54) is 0 Å². The van der Waals surface area contributed by atoms with E-state index < -0.39 is 29.0 Å². The summed E-state index contributed by atoms with van der Waals surface area (Å²) in [4.78, 5) is 27.8. The van der Waals surface area contributed by atoms with Gasteiger partial charge < -0.3 is 4.52 Å². The average Bonchev–Trinajstić information content (AvgIpc) is 3.14. The van der Waals surface area contributed by atoms with Crippen LogP contribution in [-0.2, 0) is 11.2 Å². The molecule has 1 aromatic heterocycles. The van der Waals surface area contributed by atoms with E-state index in [-0.39, 0.29) is 18.7 Å². The van der Waals surface area contributed by atoms with Gasteiger partial charge in [-0.1, -0.05) is 22.8 Å². The van der Waals surface area contributed by atoms with Crippen molar-refractivity contribution in [1.82, 2.24) is 21.0 Å². The molecule has 1 heterocycles. The zero-order chi connectivity index (χ0) is 20.1. The van der Waals surface area contributed by atoms with Gasteiger partial charge in [0, 0.05) is 23.4 Å². The Morgan fingerprint density at radius 3 is 2.39 bits per heavy atom. The molecule has 7 nitrogen and oxygen atoms in total. The molecule has 144 valence electrons. The molecule has 3 aromatic rings. The summed E-state index contributed by atoms with van der Waals surface area (Å²) < 4.78 is 32.1. The van der Waals surface area contributed by atoms with Gasteiger partial charge in [-0.25, -0.2) is 8.78 Å². The van der Waals surface area contributed by atoms with Crippen LogP contribution in [0.25, 0.3) is 11.4 Å². The van der Waals surface area contributed by atoms with E-state index in [0.717, 1.165) is 18.2 Å². The fourth-order valence-corrected chi connectivity index (χ4v) is 2.39. The maximum atomic E-state index is 13.5. The van der Waals surface area contributed by atoms with Crippen molar-refractivity contribution in [2.75, 3.05) is 0 Å². The molecule has 0 saturated carbocycles. The Bertz CT molecular complexity index is 988. The predicted octanol–water partition coefficient (Wildman–Crippen LogP) is 3.06. The van der Waals surface area contributed by atoms with E-state index in [2.05, 4.69) is 15.6 Å². The van der Waals surface area contributed by atoms with Gasteiger partial charge in [0.15, 0.2) is 0 Å². The molecule has 2 aromatic carbocycles. The molecule has 0 spiro atoms. The lowest BCUT2D eigenvalue weighted by Crippen LogP contribution is -2.42. The second kappa shape index (κ2) is 8.57. The topological polar surface area (TPSA) is 97.1 Å². The molecule has 10 heteroatoms. The number of hydrogen-bond donors (Lipinski definition) is 2. The third kappa shape index (κ3) is 4.68. The minimum absolute atomic E-state index is 0.0950. The van der Waals surface area contributed by atoms with E-state index >= 15 is 0 Å². The number of nitrogens with one attached hydrogen (secondary N) is 2. The van der Waals surface area contributed by atoms with Gasteiger partial charge in [-0.15, -0.1) is 0 Å². The third-order valence-electron chi connectivity index (χ3n) is 3.64. The van der Waals surface area contributed by atoms with Gasteiger partial charge in [0.2, 0.25) is 17.6 Å². The fourth-order valence-electron chi connectivity index (χ4n) is 2.26. The number of carbonyl (C=O) groups is 2. The van der Waals surface area contributed by atoms with E-state index in [1.54, 1.807) is 24.3 Å². The molecule has 2 amide bonds. The normalized spacial score (nSPS) is 10.5. The summed E-state index contributed by atoms with van der Waals surface area (Å²) in [6.07, 6.45) is 0.0125. The van der Waals surface area contributed by atoms with Crippen LogP contribution in [0.4, 0.5) is 8.78 Å². The van der Waals surface area contributed by atoms with Crippen LogP contribution in [0.15, 0.2) is 47.0 Å². The average molecular weight is 407 g/mol. The summed E-state index contributed by atoms with van der Waals surface area (Å²) in [5, 5.41) is 4.38. The molecule has 0 aliphatic carbocycles. The molecule has 0 bridgehead atoms. The van der Waals surface area contributed by atoms with Crippen LogP contribution >= 0.6 is 11.6 Å². The van der Waals surface area contributed by atoms with E-state index in [0.29, 0.717) is 16.4 Å². The number of benzene rings is 2. The number of halogens is 3. The largest absolute Gasteiger partial charge is 0.339 e. The van der Waals surface area contributed by atoms with Crippen molar-refractivity contribution in [2.24, 2.45) is 0 Å². The highest BCUT2D eigenvalue weighted by Gasteiger charge is 2.17. The van der Waals surface area contributed by atoms with Crippen molar-refractivity contribution >= 4 is 23.4 Å². The van der Waals surface area contributed by atoms with Crippen molar-refractivity contribution < 1.29 is 22.9 Å². The van der Waals surface area contributed by atoms with E-state index in [1.807, 2.05) is 5.43 Å². The molecule has 0 fully saturated rings. The first-order valence-electron chi connectivity index (χ1n) is 8.06. The summed E-state index contributed by atoms with van der Waals surface area (Å²) in [7, 11) is 0. The molecule has 0 aliphatic heterocycles. The predicted molar refractivity (Wildman–Crippen MR) is 95.0 cm³/mol. The first kappa shape index (κ1) is 19.4. The summed E-state index contributed by atoms with van der Waals surface area (Å²) in [6, 6.07) is 9.81. The highest BCUT2D eigenvalue weighted by Crippen LogP contribution is 2.19. The number of hydrogen-bond acceptors (Lipinski definition) is 5. The molecule has 0 unspecified atom stereocenters. The zero-order valence-corrected chi connectivity index (χ0v) is 15.0. The quantitative estimate of drug-likeness (QED) is 0.635. The van der Waals surface area contributed by atoms with E-state index in [9.17, 15) is 18.4 Å².